The monoisotopic (exact) mass is 457 g/mol. The summed E-state index contributed by atoms with van der Waals surface area (Å²) in [4.78, 5) is 28.8. The lowest BCUT2D eigenvalue weighted by Gasteiger charge is -2.15. The third-order valence-electron chi connectivity index (χ3n) is 5.83. The van der Waals surface area contributed by atoms with Crippen molar-refractivity contribution in [1.82, 2.24) is 4.98 Å². The molecule has 9 heteroatoms. The number of aromatic carboxylic acids is 1. The van der Waals surface area contributed by atoms with E-state index in [4.69, 9.17) is 5.11 Å². The van der Waals surface area contributed by atoms with Gasteiger partial charge >= 0.3 is 12.3 Å². The fourth-order valence-corrected chi connectivity index (χ4v) is 4.03. The number of hydrogen-bond acceptors (Lipinski definition) is 5. The van der Waals surface area contributed by atoms with Crippen molar-refractivity contribution >= 4 is 11.8 Å². The summed E-state index contributed by atoms with van der Waals surface area (Å²) >= 11 is 0. The van der Waals surface area contributed by atoms with Crippen molar-refractivity contribution in [1.29, 1.82) is 0 Å². The average Bonchev–Trinajstić information content (AvgIpc) is 3.50. The number of Topliss-reactive ketones (excluding diaryl/α,β-unsaturated/α-hetero) is 1. The molecule has 33 heavy (non-hydrogen) atoms. The van der Waals surface area contributed by atoms with Crippen LogP contribution in [0.5, 0.6) is 11.5 Å². The van der Waals surface area contributed by atoms with Gasteiger partial charge in [0, 0.05) is 19.1 Å². The van der Waals surface area contributed by atoms with Crippen LogP contribution in [0.2, 0.25) is 0 Å². The maximum Gasteiger partial charge on any atom is 0.586 e. The van der Waals surface area contributed by atoms with E-state index in [2.05, 4.69) is 14.5 Å². The first-order chi connectivity index (χ1) is 15.6. The molecule has 1 aromatic heterocycles. The minimum Gasteiger partial charge on any atom is -0.478 e. The van der Waals surface area contributed by atoms with Gasteiger partial charge in [0.2, 0.25) is 0 Å². The number of nitrogens with zero attached hydrogens (tertiary/aromatic N) is 1. The highest BCUT2D eigenvalue weighted by Gasteiger charge is 2.52. The van der Waals surface area contributed by atoms with Crippen LogP contribution < -0.4 is 9.47 Å². The van der Waals surface area contributed by atoms with E-state index in [-0.39, 0.29) is 36.3 Å². The molecule has 170 valence electrons. The maximum atomic E-state index is 13.9. The second-order valence-electron chi connectivity index (χ2n) is 8.06. The van der Waals surface area contributed by atoms with E-state index in [1.165, 1.54) is 24.3 Å². The molecule has 0 amide bonds. The number of alkyl halides is 2. The van der Waals surface area contributed by atoms with Gasteiger partial charge in [-0.1, -0.05) is 12.1 Å². The van der Waals surface area contributed by atoms with Gasteiger partial charge in [0.25, 0.3) is 0 Å². The van der Waals surface area contributed by atoms with Crippen molar-refractivity contribution in [3.05, 3.63) is 77.2 Å². The number of hydrogen-bond donors (Lipinski definition) is 1. The van der Waals surface area contributed by atoms with Gasteiger partial charge in [-0.2, -0.15) is 0 Å². The summed E-state index contributed by atoms with van der Waals surface area (Å²) in [6.45, 7) is 0. The Bertz CT molecular complexity index is 1310. The first-order valence-electron chi connectivity index (χ1n) is 10.1. The number of carbonyl (C=O) groups is 2. The first-order valence-corrected chi connectivity index (χ1v) is 10.1. The molecule has 1 N–H and O–H groups in total. The van der Waals surface area contributed by atoms with E-state index in [0.717, 1.165) is 6.07 Å². The largest absolute Gasteiger partial charge is 0.586 e. The predicted octanol–water partition coefficient (Wildman–Crippen LogP) is 5.00. The van der Waals surface area contributed by atoms with Crippen LogP contribution in [0.1, 0.15) is 35.9 Å². The zero-order chi connectivity index (χ0) is 23.4. The van der Waals surface area contributed by atoms with Crippen LogP contribution in [0.15, 0.2) is 54.6 Å². The van der Waals surface area contributed by atoms with Gasteiger partial charge in [-0.3, -0.25) is 9.78 Å². The number of aromatic nitrogens is 1. The summed E-state index contributed by atoms with van der Waals surface area (Å²) < 4.78 is 49.4. The molecular weight excluding hydrogens is 439 g/mol. The lowest BCUT2D eigenvalue weighted by Crippen LogP contribution is -2.26. The van der Waals surface area contributed by atoms with Gasteiger partial charge in [0.05, 0.1) is 16.7 Å². The molecule has 2 heterocycles. The first kappa shape index (κ1) is 21.0. The fourth-order valence-electron chi connectivity index (χ4n) is 4.03. The Labute approximate surface area is 187 Å². The summed E-state index contributed by atoms with van der Waals surface area (Å²) in [6, 6.07) is 12.6. The molecule has 0 atom stereocenters. The predicted molar refractivity (Wildman–Crippen MR) is 111 cm³/mol. The lowest BCUT2D eigenvalue weighted by molar-refractivity contribution is -0.286. The Kier molecular flexibility index (Phi) is 4.66. The molecule has 0 spiro atoms. The number of carboxylic acids is 1. The Morgan fingerprint density at radius 3 is 2.52 bits per heavy atom. The Balaban J connectivity index is 0.00000274. The van der Waals surface area contributed by atoms with E-state index in [1.807, 2.05) is 0 Å². The SMILES string of the molecule is O=C(O)c1cc(F)cc(-c2cccc(CC(=O)C3(c4ccc5c(c4)OC(F)(F)O5)CC3)n2)c1.[HH]. The summed E-state index contributed by atoms with van der Waals surface area (Å²) in [5, 5.41) is 9.16. The molecule has 0 radical (unpaired) electrons. The normalized spacial score (nSPS) is 16.9. The molecule has 0 unspecified atom stereocenters. The minimum absolute atomic E-state index is 0. The fraction of sp³-hybridized carbons (Fsp3) is 0.208. The maximum absolute atomic E-state index is 13.9. The van der Waals surface area contributed by atoms with Gasteiger partial charge in [0.15, 0.2) is 11.5 Å². The minimum atomic E-state index is -3.73. The third-order valence-corrected chi connectivity index (χ3v) is 5.83. The third kappa shape index (κ3) is 3.90. The number of ketones is 1. The van der Waals surface area contributed by atoms with E-state index in [0.29, 0.717) is 29.8 Å². The standard InChI is InChI=1S/C24H16F3NO5.H2/c25-16-9-13(8-14(10-16)22(30)31)18-3-1-2-17(28-18)12-21(29)23(6-7-23)15-4-5-19-20(11-15)33-24(26,27)32-19;/h1-5,8-11H,6-7,12H2,(H,30,31);1H. The van der Waals surface area contributed by atoms with E-state index in [1.54, 1.807) is 24.3 Å². The second-order valence-corrected chi connectivity index (χ2v) is 8.06. The van der Waals surface area contributed by atoms with Crippen molar-refractivity contribution in [3.8, 4) is 22.8 Å². The van der Waals surface area contributed by atoms with E-state index >= 15 is 0 Å². The van der Waals surface area contributed by atoms with E-state index in [9.17, 15) is 22.8 Å². The smallest absolute Gasteiger partial charge is 0.478 e. The molecule has 0 bridgehead atoms. The van der Waals surface area contributed by atoms with Crippen LogP contribution in [-0.2, 0) is 16.6 Å². The Morgan fingerprint density at radius 2 is 1.79 bits per heavy atom. The van der Waals surface area contributed by atoms with Crippen molar-refractivity contribution in [3.63, 3.8) is 0 Å². The molecule has 5 rings (SSSR count). The van der Waals surface area contributed by atoms with Crippen molar-refractivity contribution < 1.29 is 38.8 Å². The number of ether oxygens (including phenoxy) is 2. The van der Waals surface area contributed by atoms with Gasteiger partial charge in [-0.15, -0.1) is 8.78 Å². The van der Waals surface area contributed by atoms with Gasteiger partial charge < -0.3 is 14.6 Å². The number of carbonyl (C=O) groups excluding carboxylic acids is 1. The number of rotatable bonds is 6. The van der Waals surface area contributed by atoms with Crippen LogP contribution in [0.25, 0.3) is 11.3 Å². The van der Waals surface area contributed by atoms with Crippen LogP contribution in [0.3, 0.4) is 0 Å². The number of carboxylic acid groups (broad SMARTS) is 1. The molecule has 1 saturated carbocycles. The molecule has 2 aromatic carbocycles. The summed E-state index contributed by atoms with van der Waals surface area (Å²) in [5.74, 6) is -2.31. The molecular formula is C24H18F3NO5. The zero-order valence-corrected chi connectivity index (χ0v) is 17.0. The van der Waals surface area contributed by atoms with Crippen molar-refractivity contribution in [2.24, 2.45) is 0 Å². The number of pyridine rings is 1. The van der Waals surface area contributed by atoms with Crippen LogP contribution >= 0.6 is 0 Å². The number of fused-ring (bicyclic) bond motifs is 1. The highest BCUT2D eigenvalue weighted by Crippen LogP contribution is 2.52. The molecule has 1 fully saturated rings. The molecule has 2 aliphatic rings. The second kappa shape index (κ2) is 7.33. The average molecular weight is 457 g/mol. The summed E-state index contributed by atoms with van der Waals surface area (Å²) in [5.41, 5.74) is 0.580. The Morgan fingerprint density at radius 1 is 1.03 bits per heavy atom. The van der Waals surface area contributed by atoms with Crippen molar-refractivity contribution in [2.45, 2.75) is 31.0 Å². The lowest BCUT2D eigenvalue weighted by atomic mass is 9.88. The zero-order valence-electron chi connectivity index (χ0n) is 17.0. The summed E-state index contributed by atoms with van der Waals surface area (Å²) in [7, 11) is 0. The molecule has 3 aromatic rings. The number of benzene rings is 2. The molecule has 1 aliphatic heterocycles. The highest BCUT2D eigenvalue weighted by atomic mass is 19.3. The van der Waals surface area contributed by atoms with Crippen molar-refractivity contribution in [2.75, 3.05) is 0 Å². The topological polar surface area (TPSA) is 85.7 Å². The number of halogens is 3. The highest BCUT2D eigenvalue weighted by molar-refractivity contribution is 5.94. The molecule has 6 nitrogen and oxygen atoms in total. The van der Waals surface area contributed by atoms with Gasteiger partial charge in [-0.25, -0.2) is 9.18 Å². The molecule has 0 saturated heterocycles. The Hall–Kier alpha value is -3.88. The van der Waals surface area contributed by atoms with Crippen LogP contribution in [-0.4, -0.2) is 28.1 Å². The van der Waals surface area contributed by atoms with Crippen LogP contribution in [0, 0.1) is 5.82 Å². The van der Waals surface area contributed by atoms with Gasteiger partial charge in [0.1, 0.15) is 11.6 Å². The quantitative estimate of drug-likeness (QED) is 0.561. The molecule has 1 aliphatic carbocycles. The van der Waals surface area contributed by atoms with Gasteiger partial charge in [-0.05, 0) is 60.9 Å². The summed E-state index contributed by atoms with van der Waals surface area (Å²) in [6.07, 6.45) is -2.64. The van der Waals surface area contributed by atoms with E-state index < -0.39 is 23.5 Å². The van der Waals surface area contributed by atoms with Crippen LogP contribution in [0.4, 0.5) is 13.2 Å².